The van der Waals surface area contributed by atoms with E-state index in [1.165, 1.54) is 6.42 Å². The highest BCUT2D eigenvalue weighted by Crippen LogP contribution is 2.64. The molecule has 0 spiro atoms. The largest absolute Gasteiger partial charge is 0.481 e. The van der Waals surface area contributed by atoms with E-state index in [9.17, 15) is 9.90 Å². The number of aliphatic carboxylic acids is 1. The molecule has 0 unspecified atom stereocenters. The van der Waals surface area contributed by atoms with Crippen molar-refractivity contribution in [1.29, 1.82) is 0 Å². The van der Waals surface area contributed by atoms with Crippen molar-refractivity contribution in [3.63, 3.8) is 0 Å². The summed E-state index contributed by atoms with van der Waals surface area (Å²) in [6.45, 7) is 2.12. The second kappa shape index (κ2) is 2.96. The Kier molecular flexibility index (Phi) is 2.11. The van der Waals surface area contributed by atoms with Gasteiger partial charge in [0, 0.05) is 6.04 Å². The number of carboxylic acids is 1. The zero-order valence-electron chi connectivity index (χ0n) is 8.75. The molecule has 2 rings (SSSR count). The third-order valence-corrected chi connectivity index (χ3v) is 4.63. The van der Waals surface area contributed by atoms with Crippen molar-refractivity contribution in [1.82, 2.24) is 0 Å². The lowest BCUT2D eigenvalue weighted by Gasteiger charge is -2.60. The van der Waals surface area contributed by atoms with E-state index in [1.807, 2.05) is 0 Å². The molecular weight excluding hydrogens is 178 g/mol. The van der Waals surface area contributed by atoms with Crippen molar-refractivity contribution >= 4 is 5.97 Å². The minimum Gasteiger partial charge on any atom is -0.481 e. The average molecular weight is 197 g/mol. The smallest absolute Gasteiger partial charge is 0.310 e. The summed E-state index contributed by atoms with van der Waals surface area (Å²) in [7, 11) is 0. The third kappa shape index (κ3) is 0.991. The number of hydrogen-bond acceptors (Lipinski definition) is 2. The summed E-state index contributed by atoms with van der Waals surface area (Å²) in [5, 5.41) is 9.38. The van der Waals surface area contributed by atoms with Crippen LogP contribution in [-0.4, -0.2) is 17.1 Å². The van der Waals surface area contributed by atoms with Crippen LogP contribution in [0.15, 0.2) is 0 Å². The molecule has 0 heterocycles. The van der Waals surface area contributed by atoms with Gasteiger partial charge < -0.3 is 10.8 Å². The Hall–Kier alpha value is -0.570. The van der Waals surface area contributed by atoms with Gasteiger partial charge in [0.25, 0.3) is 0 Å². The van der Waals surface area contributed by atoms with Crippen molar-refractivity contribution in [2.75, 3.05) is 0 Å². The van der Waals surface area contributed by atoms with Crippen LogP contribution >= 0.6 is 0 Å². The molecule has 3 nitrogen and oxygen atoms in total. The minimum atomic E-state index is -0.610. The Morgan fingerprint density at radius 1 is 1.50 bits per heavy atom. The molecule has 3 heteroatoms. The molecule has 0 aromatic heterocycles. The van der Waals surface area contributed by atoms with Crippen LogP contribution in [0.2, 0.25) is 0 Å². The molecule has 2 fully saturated rings. The van der Waals surface area contributed by atoms with Gasteiger partial charge in [-0.3, -0.25) is 4.79 Å². The second-order valence-corrected chi connectivity index (χ2v) is 5.04. The molecule has 0 bridgehead atoms. The van der Waals surface area contributed by atoms with E-state index in [-0.39, 0.29) is 11.5 Å². The predicted octanol–water partition coefficient (Wildman–Crippen LogP) is 1.76. The fourth-order valence-corrected chi connectivity index (χ4v) is 3.44. The molecule has 0 saturated heterocycles. The van der Waals surface area contributed by atoms with E-state index in [0.29, 0.717) is 12.8 Å². The molecule has 0 radical (unpaired) electrons. The molecule has 80 valence electrons. The fourth-order valence-electron chi connectivity index (χ4n) is 3.44. The van der Waals surface area contributed by atoms with Gasteiger partial charge in [0.05, 0.1) is 5.41 Å². The highest BCUT2D eigenvalue weighted by atomic mass is 16.4. The third-order valence-electron chi connectivity index (χ3n) is 4.63. The monoisotopic (exact) mass is 197 g/mol. The Morgan fingerprint density at radius 2 is 2.07 bits per heavy atom. The van der Waals surface area contributed by atoms with E-state index in [2.05, 4.69) is 6.92 Å². The maximum Gasteiger partial charge on any atom is 0.310 e. The van der Waals surface area contributed by atoms with Crippen LogP contribution in [0, 0.1) is 10.8 Å². The number of nitrogens with two attached hydrogens (primary N) is 1. The molecule has 2 aliphatic rings. The number of carbonyl (C=O) groups is 1. The first-order chi connectivity index (χ1) is 6.56. The van der Waals surface area contributed by atoms with Gasteiger partial charge in [-0.05, 0) is 37.5 Å². The summed E-state index contributed by atoms with van der Waals surface area (Å²) < 4.78 is 0. The van der Waals surface area contributed by atoms with Crippen molar-refractivity contribution in [2.24, 2.45) is 16.6 Å². The number of rotatable bonds is 3. The van der Waals surface area contributed by atoms with E-state index in [4.69, 9.17) is 5.73 Å². The highest BCUT2D eigenvalue weighted by Gasteiger charge is 2.63. The van der Waals surface area contributed by atoms with Crippen molar-refractivity contribution in [3.8, 4) is 0 Å². The quantitative estimate of drug-likeness (QED) is 0.724. The summed E-state index contributed by atoms with van der Waals surface area (Å²) in [5.41, 5.74) is 5.36. The van der Waals surface area contributed by atoms with Crippen LogP contribution in [-0.2, 0) is 4.79 Å². The summed E-state index contributed by atoms with van der Waals surface area (Å²) in [6, 6.07) is 0.120. The lowest BCUT2D eigenvalue weighted by molar-refractivity contribution is -0.181. The van der Waals surface area contributed by atoms with Crippen LogP contribution in [0.3, 0.4) is 0 Å². The Balaban J connectivity index is 2.23. The molecule has 0 aliphatic heterocycles. The number of carboxylic acid groups (broad SMARTS) is 1. The molecule has 0 aromatic carbocycles. The second-order valence-electron chi connectivity index (χ2n) is 5.04. The van der Waals surface area contributed by atoms with E-state index in [0.717, 1.165) is 19.3 Å². The fraction of sp³-hybridized carbons (Fsp3) is 0.909. The molecule has 2 aliphatic carbocycles. The Morgan fingerprint density at radius 3 is 2.29 bits per heavy atom. The van der Waals surface area contributed by atoms with Gasteiger partial charge in [-0.15, -0.1) is 0 Å². The molecule has 2 saturated carbocycles. The summed E-state index contributed by atoms with van der Waals surface area (Å²) in [4.78, 5) is 11.4. The van der Waals surface area contributed by atoms with Gasteiger partial charge in [-0.2, -0.15) is 0 Å². The van der Waals surface area contributed by atoms with E-state index >= 15 is 0 Å². The van der Waals surface area contributed by atoms with Crippen LogP contribution in [0.25, 0.3) is 0 Å². The highest BCUT2D eigenvalue weighted by molar-refractivity contribution is 5.77. The summed E-state index contributed by atoms with van der Waals surface area (Å²) in [5.74, 6) is -0.610. The molecular formula is C11H19NO2. The van der Waals surface area contributed by atoms with Gasteiger partial charge >= 0.3 is 5.97 Å². The normalized spacial score (nSPS) is 39.7. The van der Waals surface area contributed by atoms with Gasteiger partial charge in [0.15, 0.2) is 0 Å². The number of hydrogen-bond donors (Lipinski definition) is 2. The molecule has 0 aromatic rings. The Labute approximate surface area is 84.7 Å². The maximum atomic E-state index is 11.4. The summed E-state index contributed by atoms with van der Waals surface area (Å²) >= 11 is 0. The Bertz CT molecular complexity index is 247. The first-order valence-corrected chi connectivity index (χ1v) is 5.55. The first-order valence-electron chi connectivity index (χ1n) is 5.55. The maximum absolute atomic E-state index is 11.4. The predicted molar refractivity (Wildman–Crippen MR) is 53.9 cm³/mol. The van der Waals surface area contributed by atoms with Gasteiger partial charge in [-0.25, -0.2) is 0 Å². The standard InChI is InChI=1S/C11H19NO2/c1-2-10(4-3-5-10)11(9(13)14)6-8(12)7-11/h8H,2-7,12H2,1H3,(H,13,14). The lowest BCUT2D eigenvalue weighted by Crippen LogP contribution is -2.62. The zero-order valence-corrected chi connectivity index (χ0v) is 8.75. The van der Waals surface area contributed by atoms with Crippen molar-refractivity contribution in [3.05, 3.63) is 0 Å². The first kappa shape index (κ1) is 9.97. The van der Waals surface area contributed by atoms with Crippen LogP contribution < -0.4 is 5.73 Å². The topological polar surface area (TPSA) is 63.3 Å². The van der Waals surface area contributed by atoms with Crippen LogP contribution in [0.1, 0.15) is 45.4 Å². The van der Waals surface area contributed by atoms with E-state index < -0.39 is 11.4 Å². The summed E-state index contributed by atoms with van der Waals surface area (Å²) in [6.07, 6.45) is 5.74. The van der Waals surface area contributed by atoms with Gasteiger partial charge in [0.1, 0.15) is 0 Å². The van der Waals surface area contributed by atoms with Crippen molar-refractivity contribution in [2.45, 2.75) is 51.5 Å². The molecule has 0 atom stereocenters. The zero-order chi connectivity index (χ0) is 10.4. The van der Waals surface area contributed by atoms with Crippen LogP contribution in [0.4, 0.5) is 0 Å². The van der Waals surface area contributed by atoms with E-state index in [1.54, 1.807) is 0 Å². The molecule has 3 N–H and O–H groups in total. The molecule has 0 amide bonds. The lowest BCUT2D eigenvalue weighted by atomic mass is 9.44. The van der Waals surface area contributed by atoms with Crippen molar-refractivity contribution < 1.29 is 9.90 Å². The minimum absolute atomic E-state index is 0.0781. The van der Waals surface area contributed by atoms with Gasteiger partial charge in [-0.1, -0.05) is 13.3 Å². The van der Waals surface area contributed by atoms with Crippen LogP contribution in [0.5, 0.6) is 0 Å². The van der Waals surface area contributed by atoms with Gasteiger partial charge in [0.2, 0.25) is 0 Å². The molecule has 14 heavy (non-hydrogen) atoms. The SMILES string of the molecule is CCC1(C2(C(=O)O)CC(N)C2)CCC1. The average Bonchev–Trinajstić information content (AvgIpc) is 1.98.